The second-order valence-corrected chi connectivity index (χ2v) is 9.11. The number of amides is 4. The monoisotopic (exact) mass is 502 g/mol. The maximum atomic E-state index is 12.8. The average molecular weight is 503 g/mol. The molecule has 9 heteroatoms. The van der Waals surface area contributed by atoms with Crippen molar-refractivity contribution in [3.63, 3.8) is 0 Å². The summed E-state index contributed by atoms with van der Waals surface area (Å²) in [4.78, 5) is 49.2. The van der Waals surface area contributed by atoms with Crippen molar-refractivity contribution in [1.82, 2.24) is 19.7 Å². The molecule has 2 heterocycles. The summed E-state index contributed by atoms with van der Waals surface area (Å²) in [7, 11) is 1.46. The number of benzene rings is 2. The van der Waals surface area contributed by atoms with Crippen LogP contribution >= 0.6 is 0 Å². The summed E-state index contributed by atoms with van der Waals surface area (Å²) in [6, 6.07) is 13.0. The smallest absolute Gasteiger partial charge is 0.326 e. The van der Waals surface area contributed by atoms with Gasteiger partial charge >= 0.3 is 6.03 Å². The third kappa shape index (κ3) is 5.40. The minimum Gasteiger partial charge on any atom is -0.492 e. The minimum atomic E-state index is -0.342. The van der Waals surface area contributed by atoms with E-state index in [1.54, 1.807) is 17.0 Å². The van der Waals surface area contributed by atoms with Crippen LogP contribution in [0.25, 0.3) is 10.9 Å². The molecule has 0 aliphatic carbocycles. The Balaban J connectivity index is 1.71. The fraction of sp³-hybridized carbons (Fsp3) is 0.286. The predicted molar refractivity (Wildman–Crippen MR) is 140 cm³/mol. The zero-order valence-corrected chi connectivity index (χ0v) is 21.0. The maximum absolute atomic E-state index is 12.8. The van der Waals surface area contributed by atoms with Gasteiger partial charge in [-0.2, -0.15) is 0 Å². The maximum Gasteiger partial charge on any atom is 0.326 e. The Morgan fingerprint density at radius 2 is 1.95 bits per heavy atom. The largest absolute Gasteiger partial charge is 0.492 e. The summed E-state index contributed by atoms with van der Waals surface area (Å²) in [6.45, 7) is 7.57. The van der Waals surface area contributed by atoms with E-state index in [9.17, 15) is 19.2 Å². The SMILES string of the molecule is C=CC(=O)NCCOc1ccc2c(c1)c1c(n2Cc2ccc(C=O)cc2)CN(C(=O)N(C)C=O)CC1C. The molecular formula is C28H30N4O5. The number of hydrogen-bond donors (Lipinski definition) is 1. The molecule has 1 aliphatic rings. The first-order valence-electron chi connectivity index (χ1n) is 12.1. The van der Waals surface area contributed by atoms with Crippen molar-refractivity contribution in [3.05, 3.63) is 77.5 Å². The molecule has 192 valence electrons. The van der Waals surface area contributed by atoms with Crippen LogP contribution in [-0.2, 0) is 22.7 Å². The lowest BCUT2D eigenvalue weighted by Gasteiger charge is -2.33. The molecule has 9 nitrogen and oxygen atoms in total. The number of carbonyl (C=O) groups is 4. The first-order chi connectivity index (χ1) is 17.9. The number of ether oxygens (including phenoxy) is 1. The number of aromatic nitrogens is 1. The number of nitrogens with zero attached hydrogens (tertiary/aromatic N) is 3. The molecule has 0 saturated carbocycles. The lowest BCUT2D eigenvalue weighted by atomic mass is 9.93. The highest BCUT2D eigenvalue weighted by molar-refractivity contribution is 5.89. The third-order valence-electron chi connectivity index (χ3n) is 6.56. The van der Waals surface area contributed by atoms with Crippen LogP contribution in [0.15, 0.2) is 55.1 Å². The van der Waals surface area contributed by atoms with E-state index in [0.29, 0.717) is 50.5 Å². The number of hydrogen-bond acceptors (Lipinski definition) is 5. The van der Waals surface area contributed by atoms with E-state index in [1.165, 1.54) is 13.1 Å². The summed E-state index contributed by atoms with van der Waals surface area (Å²) in [6.07, 6.45) is 2.55. The van der Waals surface area contributed by atoms with Crippen LogP contribution in [0, 0.1) is 0 Å². The number of urea groups is 1. The van der Waals surface area contributed by atoms with E-state index in [-0.39, 0.29) is 17.9 Å². The van der Waals surface area contributed by atoms with Gasteiger partial charge in [0.25, 0.3) is 0 Å². The zero-order valence-electron chi connectivity index (χ0n) is 21.0. The van der Waals surface area contributed by atoms with Gasteiger partial charge in [0.05, 0.1) is 13.1 Å². The third-order valence-corrected chi connectivity index (χ3v) is 6.56. The van der Waals surface area contributed by atoms with E-state index in [1.807, 2.05) is 30.3 Å². The highest BCUT2D eigenvalue weighted by atomic mass is 16.5. The van der Waals surface area contributed by atoms with Crippen molar-refractivity contribution in [2.24, 2.45) is 0 Å². The standard InChI is InChI=1S/C28H30N4O5/c1-4-26(35)29-11-12-37-22-9-10-24-23(13-22)27-19(2)14-31(28(36)30(3)18-34)16-25(27)32(24)15-20-5-7-21(17-33)8-6-20/h4-10,13,17-19H,1,11-12,14-16H2,2-3H3,(H,29,35). The molecule has 4 rings (SSSR count). The van der Waals surface area contributed by atoms with Gasteiger partial charge in [0.15, 0.2) is 0 Å². The molecule has 1 N–H and O–H groups in total. The Bertz CT molecular complexity index is 1340. The van der Waals surface area contributed by atoms with Crippen LogP contribution < -0.4 is 10.1 Å². The van der Waals surface area contributed by atoms with Gasteiger partial charge in [0.1, 0.15) is 18.6 Å². The van der Waals surface area contributed by atoms with Crippen molar-refractivity contribution in [3.8, 4) is 5.75 Å². The van der Waals surface area contributed by atoms with Gasteiger partial charge in [-0.1, -0.05) is 37.8 Å². The molecule has 0 spiro atoms. The Hall–Kier alpha value is -4.40. The molecule has 37 heavy (non-hydrogen) atoms. The molecule has 0 radical (unpaired) electrons. The van der Waals surface area contributed by atoms with Gasteiger partial charge < -0.3 is 19.5 Å². The van der Waals surface area contributed by atoms with Gasteiger partial charge in [-0.15, -0.1) is 0 Å². The summed E-state index contributed by atoms with van der Waals surface area (Å²) in [5.41, 5.74) is 4.77. The van der Waals surface area contributed by atoms with Crippen LogP contribution in [0.4, 0.5) is 4.79 Å². The molecule has 1 unspecified atom stereocenters. The Morgan fingerprint density at radius 3 is 2.62 bits per heavy atom. The summed E-state index contributed by atoms with van der Waals surface area (Å²) < 4.78 is 8.08. The molecule has 1 aromatic heterocycles. The van der Waals surface area contributed by atoms with Crippen molar-refractivity contribution < 1.29 is 23.9 Å². The van der Waals surface area contributed by atoms with Crippen LogP contribution in [0.2, 0.25) is 0 Å². The molecular weight excluding hydrogens is 472 g/mol. The van der Waals surface area contributed by atoms with Crippen LogP contribution in [0.3, 0.4) is 0 Å². The lowest BCUT2D eigenvalue weighted by Crippen LogP contribution is -2.44. The van der Waals surface area contributed by atoms with Crippen LogP contribution in [0.1, 0.15) is 40.0 Å². The highest BCUT2D eigenvalue weighted by Gasteiger charge is 2.32. The second kappa shape index (κ2) is 11.1. The Labute approximate surface area is 215 Å². The van der Waals surface area contributed by atoms with E-state index in [4.69, 9.17) is 4.74 Å². The normalized spacial score (nSPS) is 14.5. The molecule has 0 bridgehead atoms. The van der Waals surface area contributed by atoms with Gasteiger partial charge in [0, 0.05) is 48.2 Å². The quantitative estimate of drug-likeness (QED) is 0.275. The van der Waals surface area contributed by atoms with Crippen LogP contribution in [0.5, 0.6) is 5.75 Å². The minimum absolute atomic E-state index is 0.0241. The number of carbonyl (C=O) groups excluding carboxylic acids is 4. The number of nitrogens with one attached hydrogen (secondary N) is 1. The van der Waals surface area contributed by atoms with Crippen molar-refractivity contribution in [2.45, 2.75) is 25.9 Å². The molecule has 2 aromatic carbocycles. The van der Waals surface area contributed by atoms with E-state index in [0.717, 1.165) is 38.9 Å². The highest BCUT2D eigenvalue weighted by Crippen LogP contribution is 2.39. The second-order valence-electron chi connectivity index (χ2n) is 9.11. The van der Waals surface area contributed by atoms with Crippen molar-refractivity contribution in [2.75, 3.05) is 26.7 Å². The number of imide groups is 1. The van der Waals surface area contributed by atoms with Crippen molar-refractivity contribution in [1.29, 1.82) is 0 Å². The topological polar surface area (TPSA) is 101 Å². The Kier molecular flexibility index (Phi) is 7.71. The summed E-state index contributed by atoms with van der Waals surface area (Å²) in [5.74, 6) is 0.456. The van der Waals surface area contributed by atoms with Gasteiger partial charge in [-0.3, -0.25) is 19.3 Å². The lowest BCUT2D eigenvalue weighted by molar-refractivity contribution is -0.116. The molecule has 1 atom stereocenters. The van der Waals surface area contributed by atoms with Gasteiger partial charge in [0.2, 0.25) is 12.3 Å². The summed E-state index contributed by atoms with van der Waals surface area (Å²) >= 11 is 0. The van der Waals surface area contributed by atoms with E-state index >= 15 is 0 Å². The fourth-order valence-corrected chi connectivity index (χ4v) is 4.78. The van der Waals surface area contributed by atoms with Gasteiger partial charge in [-0.25, -0.2) is 4.79 Å². The first kappa shape index (κ1) is 25.7. The fourth-order valence-electron chi connectivity index (χ4n) is 4.78. The number of aldehydes is 1. The van der Waals surface area contributed by atoms with Crippen LogP contribution in [-0.4, -0.2) is 65.7 Å². The number of fused-ring (bicyclic) bond motifs is 3. The molecule has 0 fully saturated rings. The average Bonchev–Trinajstić information content (AvgIpc) is 3.23. The predicted octanol–water partition coefficient (Wildman–Crippen LogP) is 3.31. The van der Waals surface area contributed by atoms with E-state index < -0.39 is 0 Å². The summed E-state index contributed by atoms with van der Waals surface area (Å²) in [5, 5.41) is 3.73. The first-order valence-corrected chi connectivity index (χ1v) is 12.1. The molecule has 1 aliphatic heterocycles. The molecule has 0 saturated heterocycles. The zero-order chi connectivity index (χ0) is 26.5. The van der Waals surface area contributed by atoms with E-state index in [2.05, 4.69) is 23.4 Å². The van der Waals surface area contributed by atoms with Gasteiger partial charge in [-0.05, 0) is 35.4 Å². The molecule has 3 aromatic rings. The number of rotatable bonds is 9. The van der Waals surface area contributed by atoms with Crippen molar-refractivity contribution >= 4 is 35.5 Å². The molecule has 4 amide bonds. The Morgan fingerprint density at radius 1 is 1.19 bits per heavy atom.